The van der Waals surface area contributed by atoms with Gasteiger partial charge >= 0.3 is 6.03 Å². The van der Waals surface area contributed by atoms with Crippen molar-refractivity contribution in [1.29, 1.82) is 0 Å². The van der Waals surface area contributed by atoms with E-state index < -0.39 is 0 Å². The third-order valence-electron chi connectivity index (χ3n) is 3.45. The molecule has 0 saturated carbocycles. The molecule has 1 aromatic carbocycles. The molecule has 2 aromatic rings. The third-order valence-corrected chi connectivity index (χ3v) is 3.45. The van der Waals surface area contributed by atoms with Crippen LogP contribution in [-0.2, 0) is 11.3 Å². The summed E-state index contributed by atoms with van der Waals surface area (Å²) in [6, 6.07) is 6.78. The normalized spacial score (nSPS) is 17.0. The smallest absolute Gasteiger partial charge is 0.319 e. The molecule has 2 heterocycles. The zero-order valence-corrected chi connectivity index (χ0v) is 12.7. The maximum absolute atomic E-state index is 11.9. The second-order valence-electron chi connectivity index (χ2n) is 5.06. The van der Waals surface area contributed by atoms with Crippen molar-refractivity contribution in [3.05, 3.63) is 36.0 Å². The Morgan fingerprint density at radius 1 is 1.43 bits per heavy atom. The summed E-state index contributed by atoms with van der Waals surface area (Å²) < 4.78 is 15.8. The van der Waals surface area contributed by atoms with Crippen molar-refractivity contribution in [3.8, 4) is 5.75 Å². The number of para-hydroxylation sites is 2. The first kappa shape index (κ1) is 15.3. The number of carbonyl (C=O) groups excluding carboxylic acids is 1. The SMILES string of the molecule is COc1ccccc1NC(=O)NCc1noc([C@H]2CCCO2)n1. The van der Waals surface area contributed by atoms with Crippen LogP contribution in [0.2, 0.25) is 0 Å². The van der Waals surface area contributed by atoms with Crippen LogP contribution in [0.15, 0.2) is 28.8 Å². The average Bonchev–Trinajstić information content (AvgIpc) is 3.24. The maximum atomic E-state index is 11.9. The van der Waals surface area contributed by atoms with Crippen molar-refractivity contribution in [1.82, 2.24) is 15.5 Å². The first-order valence-corrected chi connectivity index (χ1v) is 7.38. The van der Waals surface area contributed by atoms with Gasteiger partial charge in [-0.3, -0.25) is 0 Å². The highest BCUT2D eigenvalue weighted by Gasteiger charge is 2.23. The van der Waals surface area contributed by atoms with Gasteiger partial charge in [0.1, 0.15) is 11.9 Å². The fraction of sp³-hybridized carbons (Fsp3) is 0.400. The van der Waals surface area contributed by atoms with Gasteiger partial charge in [-0.15, -0.1) is 0 Å². The number of rotatable bonds is 5. The predicted octanol–water partition coefficient (Wildman–Crippen LogP) is 2.25. The number of urea groups is 1. The maximum Gasteiger partial charge on any atom is 0.319 e. The minimum Gasteiger partial charge on any atom is -0.495 e. The summed E-state index contributed by atoms with van der Waals surface area (Å²) in [5.74, 6) is 1.46. The van der Waals surface area contributed by atoms with Crippen LogP contribution in [-0.4, -0.2) is 29.9 Å². The zero-order valence-electron chi connectivity index (χ0n) is 12.7. The van der Waals surface area contributed by atoms with E-state index in [0.717, 1.165) is 12.8 Å². The Bertz CT molecular complexity index is 667. The summed E-state index contributed by atoms with van der Waals surface area (Å²) in [7, 11) is 1.55. The van der Waals surface area contributed by atoms with E-state index in [0.29, 0.717) is 29.8 Å². The highest BCUT2D eigenvalue weighted by molar-refractivity contribution is 5.90. The molecule has 1 aliphatic heterocycles. The lowest BCUT2D eigenvalue weighted by atomic mass is 10.2. The van der Waals surface area contributed by atoms with E-state index in [9.17, 15) is 4.79 Å². The second-order valence-corrected chi connectivity index (χ2v) is 5.06. The van der Waals surface area contributed by atoms with Crippen LogP contribution in [0.1, 0.15) is 30.7 Å². The Balaban J connectivity index is 1.52. The van der Waals surface area contributed by atoms with Crippen LogP contribution in [0.3, 0.4) is 0 Å². The monoisotopic (exact) mass is 318 g/mol. The Hall–Kier alpha value is -2.61. The van der Waals surface area contributed by atoms with Crippen LogP contribution < -0.4 is 15.4 Å². The molecule has 0 spiro atoms. The number of methoxy groups -OCH3 is 1. The summed E-state index contributed by atoms with van der Waals surface area (Å²) >= 11 is 0. The summed E-state index contributed by atoms with van der Waals surface area (Å²) in [5, 5.41) is 9.22. The first-order valence-electron chi connectivity index (χ1n) is 7.38. The van der Waals surface area contributed by atoms with Crippen molar-refractivity contribution in [2.75, 3.05) is 19.0 Å². The summed E-state index contributed by atoms with van der Waals surface area (Å²) in [4.78, 5) is 16.2. The molecule has 8 heteroatoms. The van der Waals surface area contributed by atoms with Crippen molar-refractivity contribution in [3.63, 3.8) is 0 Å². The Labute approximate surface area is 133 Å². The second kappa shape index (κ2) is 7.10. The van der Waals surface area contributed by atoms with Gasteiger partial charge in [-0.1, -0.05) is 17.3 Å². The fourth-order valence-corrected chi connectivity index (χ4v) is 2.32. The Kier molecular flexibility index (Phi) is 4.72. The third kappa shape index (κ3) is 3.78. The van der Waals surface area contributed by atoms with Crippen LogP contribution in [0.5, 0.6) is 5.75 Å². The molecule has 3 rings (SSSR count). The molecule has 1 fully saturated rings. The van der Waals surface area contributed by atoms with Crippen LogP contribution in [0.4, 0.5) is 10.5 Å². The molecule has 122 valence electrons. The molecule has 2 N–H and O–H groups in total. The van der Waals surface area contributed by atoms with Gasteiger partial charge in [0.2, 0.25) is 0 Å². The van der Waals surface area contributed by atoms with Gasteiger partial charge in [0.05, 0.1) is 19.3 Å². The molecule has 1 aromatic heterocycles. The number of ether oxygens (including phenoxy) is 2. The van der Waals surface area contributed by atoms with Gasteiger partial charge < -0.3 is 24.6 Å². The summed E-state index contributed by atoms with van der Waals surface area (Å²) in [6.45, 7) is 0.874. The molecule has 0 unspecified atom stereocenters. The quantitative estimate of drug-likeness (QED) is 0.877. The molecule has 1 aliphatic rings. The lowest BCUT2D eigenvalue weighted by molar-refractivity contribution is 0.0835. The fourth-order valence-electron chi connectivity index (χ4n) is 2.32. The molecular weight excluding hydrogens is 300 g/mol. The van der Waals surface area contributed by atoms with E-state index in [1.165, 1.54) is 0 Å². The van der Waals surface area contributed by atoms with E-state index >= 15 is 0 Å². The molecule has 0 radical (unpaired) electrons. The molecule has 0 aliphatic carbocycles. The number of hydrogen-bond acceptors (Lipinski definition) is 6. The van der Waals surface area contributed by atoms with E-state index in [1.807, 2.05) is 12.1 Å². The van der Waals surface area contributed by atoms with Gasteiger partial charge in [-0.25, -0.2) is 4.79 Å². The van der Waals surface area contributed by atoms with Crippen molar-refractivity contribution >= 4 is 11.7 Å². The van der Waals surface area contributed by atoms with Crippen molar-refractivity contribution in [2.45, 2.75) is 25.5 Å². The zero-order chi connectivity index (χ0) is 16.1. The molecular formula is C15H18N4O4. The molecule has 2 amide bonds. The van der Waals surface area contributed by atoms with Crippen molar-refractivity contribution in [2.24, 2.45) is 0 Å². The summed E-state index contributed by atoms with van der Waals surface area (Å²) in [6.07, 6.45) is 1.74. The van der Waals surface area contributed by atoms with Gasteiger partial charge in [-0.05, 0) is 25.0 Å². The van der Waals surface area contributed by atoms with Gasteiger partial charge in [0.25, 0.3) is 5.89 Å². The predicted molar refractivity (Wildman–Crippen MR) is 81.1 cm³/mol. The Morgan fingerprint density at radius 2 is 2.30 bits per heavy atom. The van der Waals surface area contributed by atoms with Crippen LogP contribution >= 0.6 is 0 Å². The number of benzene rings is 1. The van der Waals surface area contributed by atoms with E-state index in [1.54, 1.807) is 19.2 Å². The number of nitrogens with zero attached hydrogens (tertiary/aromatic N) is 2. The highest BCUT2D eigenvalue weighted by atomic mass is 16.5. The molecule has 0 bridgehead atoms. The van der Waals surface area contributed by atoms with Gasteiger partial charge in [-0.2, -0.15) is 4.98 Å². The topological polar surface area (TPSA) is 98.5 Å². The number of anilines is 1. The molecule has 23 heavy (non-hydrogen) atoms. The largest absolute Gasteiger partial charge is 0.495 e. The molecule has 8 nitrogen and oxygen atoms in total. The summed E-state index contributed by atoms with van der Waals surface area (Å²) in [5.41, 5.74) is 0.584. The first-order chi connectivity index (χ1) is 11.3. The van der Waals surface area contributed by atoms with Crippen LogP contribution in [0, 0.1) is 0 Å². The minimum absolute atomic E-state index is 0.126. The van der Waals surface area contributed by atoms with E-state index in [4.69, 9.17) is 14.0 Å². The number of aromatic nitrogens is 2. The van der Waals surface area contributed by atoms with Gasteiger partial charge in [0, 0.05) is 6.61 Å². The number of amides is 2. The number of hydrogen-bond donors (Lipinski definition) is 2. The average molecular weight is 318 g/mol. The minimum atomic E-state index is -0.377. The lowest BCUT2D eigenvalue weighted by Gasteiger charge is -2.09. The molecule has 1 saturated heterocycles. The van der Waals surface area contributed by atoms with E-state index in [-0.39, 0.29) is 18.7 Å². The number of nitrogens with one attached hydrogen (secondary N) is 2. The van der Waals surface area contributed by atoms with Gasteiger partial charge in [0.15, 0.2) is 5.82 Å². The lowest BCUT2D eigenvalue weighted by Crippen LogP contribution is -2.28. The van der Waals surface area contributed by atoms with E-state index in [2.05, 4.69) is 20.8 Å². The standard InChI is InChI=1S/C15H18N4O4/c1-21-11-6-3-2-5-10(11)17-15(20)16-9-13-18-14(23-19-13)12-7-4-8-22-12/h2-3,5-6,12H,4,7-9H2,1H3,(H2,16,17,20)/t12-/m1/s1. The Morgan fingerprint density at radius 3 is 3.09 bits per heavy atom. The van der Waals surface area contributed by atoms with Crippen molar-refractivity contribution < 1.29 is 18.8 Å². The highest BCUT2D eigenvalue weighted by Crippen LogP contribution is 2.27. The van der Waals surface area contributed by atoms with Crippen LogP contribution in [0.25, 0.3) is 0 Å². The molecule has 1 atom stereocenters. The number of carbonyl (C=O) groups is 1.